The number of benzene rings is 1. The van der Waals surface area contributed by atoms with Crippen LogP contribution >= 0.6 is 0 Å². The van der Waals surface area contributed by atoms with E-state index >= 15 is 0 Å². The van der Waals surface area contributed by atoms with Gasteiger partial charge in [-0.05, 0) is 50.1 Å². The lowest BCUT2D eigenvalue weighted by Gasteiger charge is -2.58. The van der Waals surface area contributed by atoms with E-state index in [1.165, 1.54) is 0 Å². The molecule has 24 heavy (non-hydrogen) atoms. The zero-order valence-electron chi connectivity index (χ0n) is 14.2. The predicted molar refractivity (Wildman–Crippen MR) is 90.4 cm³/mol. The number of fused-ring (bicyclic) bond motifs is 1. The van der Waals surface area contributed by atoms with Gasteiger partial charge in [0, 0.05) is 22.9 Å². The zero-order valence-corrected chi connectivity index (χ0v) is 14.2. The van der Waals surface area contributed by atoms with Crippen LogP contribution in [0.2, 0.25) is 0 Å². The van der Waals surface area contributed by atoms with Crippen molar-refractivity contribution in [2.75, 3.05) is 27.3 Å². The molecule has 0 spiro atoms. The molecule has 1 aliphatic heterocycles. The molecule has 2 bridgehead atoms. The number of hydrogen-bond acceptors (Lipinski definition) is 5. The molecule has 1 aromatic carbocycles. The molecule has 0 radical (unpaired) electrons. The summed E-state index contributed by atoms with van der Waals surface area (Å²) in [5.74, 6) is 0.897. The highest BCUT2D eigenvalue weighted by Gasteiger charge is 2.55. The van der Waals surface area contributed by atoms with Gasteiger partial charge in [-0.25, -0.2) is 0 Å². The van der Waals surface area contributed by atoms with E-state index in [-0.39, 0.29) is 23.7 Å². The molecule has 1 fully saturated rings. The Morgan fingerprint density at radius 2 is 2.17 bits per heavy atom. The monoisotopic (exact) mass is 331 g/mol. The first-order valence-corrected chi connectivity index (χ1v) is 8.61. The van der Waals surface area contributed by atoms with Gasteiger partial charge in [0.15, 0.2) is 11.5 Å². The molecule has 1 unspecified atom stereocenters. The molecule has 1 heterocycles. The van der Waals surface area contributed by atoms with Gasteiger partial charge < -0.3 is 25.0 Å². The second kappa shape index (κ2) is 5.48. The van der Waals surface area contributed by atoms with E-state index < -0.39 is 6.10 Å². The number of rotatable bonds is 2. The Morgan fingerprint density at radius 3 is 2.88 bits per heavy atom. The highest BCUT2D eigenvalue weighted by Crippen LogP contribution is 2.58. The third-order valence-electron chi connectivity index (χ3n) is 6.47. The fourth-order valence-electron chi connectivity index (χ4n) is 5.24. The number of aliphatic hydroxyl groups excluding tert-OH is 2. The Hall–Kier alpha value is -1.56. The number of likely N-dealkylation sites (tertiary alicyclic amines) is 1. The van der Waals surface area contributed by atoms with Gasteiger partial charge in [0.05, 0.1) is 19.8 Å². The number of hydrogen-bond donors (Lipinski definition) is 3. The summed E-state index contributed by atoms with van der Waals surface area (Å²) in [6.45, 7) is 0.827. The summed E-state index contributed by atoms with van der Waals surface area (Å²) >= 11 is 0. The van der Waals surface area contributed by atoms with E-state index in [0.717, 1.165) is 30.5 Å². The molecule has 130 valence electrons. The van der Waals surface area contributed by atoms with Crippen LogP contribution in [-0.4, -0.2) is 59.7 Å². The summed E-state index contributed by atoms with van der Waals surface area (Å²) in [4.78, 5) is 2.37. The lowest BCUT2D eigenvalue weighted by molar-refractivity contribution is 0.0121. The van der Waals surface area contributed by atoms with Crippen molar-refractivity contribution in [2.45, 2.75) is 36.8 Å². The number of methoxy groups -OCH3 is 1. The average Bonchev–Trinajstić information content (AvgIpc) is 2.57. The van der Waals surface area contributed by atoms with Crippen molar-refractivity contribution >= 4 is 0 Å². The number of aromatic hydroxyl groups is 1. The Bertz CT molecular complexity index is 701. The quantitative estimate of drug-likeness (QED) is 0.710. The molecule has 0 saturated carbocycles. The summed E-state index contributed by atoms with van der Waals surface area (Å²) in [5, 5.41) is 31.0. The molecule has 4 atom stereocenters. The fourth-order valence-corrected chi connectivity index (χ4v) is 5.24. The number of likely N-dealkylation sites (N-methyl/N-ethyl adjacent to an activating group) is 1. The molecular formula is C19H25NO4. The smallest absolute Gasteiger partial charge is 0.161 e. The number of phenolic OH excluding ortho intramolecular Hbond substituents is 1. The zero-order chi connectivity index (χ0) is 17.1. The van der Waals surface area contributed by atoms with Crippen molar-refractivity contribution in [1.29, 1.82) is 0 Å². The van der Waals surface area contributed by atoms with Crippen molar-refractivity contribution < 1.29 is 20.1 Å². The minimum atomic E-state index is -0.660. The predicted octanol–water partition coefficient (Wildman–Crippen LogP) is 1.20. The van der Waals surface area contributed by atoms with Gasteiger partial charge in [-0.1, -0.05) is 12.1 Å². The van der Waals surface area contributed by atoms with Crippen LogP contribution in [0.15, 0.2) is 23.8 Å². The first kappa shape index (κ1) is 15.9. The maximum Gasteiger partial charge on any atom is 0.161 e. The van der Waals surface area contributed by atoms with E-state index in [4.69, 9.17) is 4.74 Å². The van der Waals surface area contributed by atoms with Gasteiger partial charge in [-0.2, -0.15) is 0 Å². The van der Waals surface area contributed by atoms with E-state index in [2.05, 4.69) is 24.1 Å². The van der Waals surface area contributed by atoms with Crippen LogP contribution in [-0.2, 0) is 11.8 Å². The highest BCUT2D eigenvalue weighted by atomic mass is 16.5. The highest BCUT2D eigenvalue weighted by molar-refractivity contribution is 5.57. The third kappa shape index (κ3) is 1.98. The lowest BCUT2D eigenvalue weighted by atomic mass is 9.52. The van der Waals surface area contributed by atoms with Gasteiger partial charge in [-0.3, -0.25) is 0 Å². The molecule has 1 saturated heterocycles. The van der Waals surface area contributed by atoms with Crippen molar-refractivity contribution in [2.24, 2.45) is 5.92 Å². The fraction of sp³-hybridized carbons (Fsp3) is 0.579. The number of phenols is 1. The standard InChI is InChI=1S/C19H25NO4/c1-20-6-5-19-9-15(22)12(10-21)7-13(19)14(20)8-11-3-4-16(24-2)18(23)17(11)19/h3-4,7,13-15,21-23H,5-6,8-10H2,1-2H3/t13-,14+,15?,19-/m1/s1. The second-order valence-corrected chi connectivity index (χ2v) is 7.45. The van der Waals surface area contributed by atoms with E-state index in [9.17, 15) is 15.3 Å². The molecule has 1 aromatic rings. The minimum absolute atomic E-state index is 0.110. The van der Waals surface area contributed by atoms with Gasteiger partial charge >= 0.3 is 0 Å². The van der Waals surface area contributed by atoms with E-state index in [1.54, 1.807) is 7.11 Å². The minimum Gasteiger partial charge on any atom is -0.504 e. The number of nitrogens with zero attached hydrogens (tertiary/aromatic N) is 1. The molecule has 2 aliphatic carbocycles. The molecule has 5 nitrogen and oxygen atoms in total. The van der Waals surface area contributed by atoms with Crippen LogP contribution < -0.4 is 4.74 Å². The van der Waals surface area contributed by atoms with Crippen LogP contribution in [0.5, 0.6) is 11.5 Å². The second-order valence-electron chi connectivity index (χ2n) is 7.45. The molecule has 3 aliphatic rings. The van der Waals surface area contributed by atoms with Gasteiger partial charge in [-0.15, -0.1) is 0 Å². The van der Waals surface area contributed by atoms with Gasteiger partial charge in [0.2, 0.25) is 0 Å². The summed E-state index contributed by atoms with van der Waals surface area (Å²) in [5.41, 5.74) is 2.51. The lowest BCUT2D eigenvalue weighted by Crippen LogP contribution is -2.60. The van der Waals surface area contributed by atoms with Gasteiger partial charge in [0.1, 0.15) is 0 Å². The average molecular weight is 331 g/mol. The maximum atomic E-state index is 10.9. The van der Waals surface area contributed by atoms with Crippen molar-refractivity contribution in [3.8, 4) is 11.5 Å². The van der Waals surface area contributed by atoms with Crippen LogP contribution in [0.4, 0.5) is 0 Å². The topological polar surface area (TPSA) is 73.2 Å². The number of piperidine rings is 1. The van der Waals surface area contributed by atoms with Crippen molar-refractivity contribution in [1.82, 2.24) is 4.90 Å². The summed E-state index contributed by atoms with van der Waals surface area (Å²) in [7, 11) is 3.71. The maximum absolute atomic E-state index is 10.9. The molecular weight excluding hydrogens is 306 g/mol. The normalized spacial score (nSPS) is 35.0. The van der Waals surface area contributed by atoms with Crippen LogP contribution in [0.25, 0.3) is 0 Å². The molecule has 3 N–H and O–H groups in total. The summed E-state index contributed by atoms with van der Waals surface area (Å²) < 4.78 is 5.34. The molecule has 5 heteroatoms. The summed E-state index contributed by atoms with van der Waals surface area (Å²) in [6, 6.07) is 4.21. The SMILES string of the molecule is COc1ccc2c(c1O)[C@@]13CCN(C)[C@@H](C2)[C@H]1C=C(CO)C(O)C3. The molecule has 0 aromatic heterocycles. The Labute approximate surface area is 142 Å². The first-order valence-electron chi connectivity index (χ1n) is 8.61. The Balaban J connectivity index is 1.95. The van der Waals surface area contributed by atoms with Crippen LogP contribution in [0, 0.1) is 5.92 Å². The van der Waals surface area contributed by atoms with Crippen molar-refractivity contribution in [3.05, 3.63) is 34.9 Å². The van der Waals surface area contributed by atoms with E-state index in [1.807, 2.05) is 6.07 Å². The first-order chi connectivity index (χ1) is 11.5. The molecule has 0 amide bonds. The Morgan fingerprint density at radius 1 is 1.38 bits per heavy atom. The van der Waals surface area contributed by atoms with Crippen molar-refractivity contribution in [3.63, 3.8) is 0 Å². The summed E-state index contributed by atoms with van der Waals surface area (Å²) in [6.07, 6.45) is 3.69. The third-order valence-corrected chi connectivity index (χ3v) is 6.47. The number of ether oxygens (including phenoxy) is 1. The van der Waals surface area contributed by atoms with Crippen LogP contribution in [0.1, 0.15) is 24.0 Å². The Kier molecular flexibility index (Phi) is 3.64. The van der Waals surface area contributed by atoms with E-state index in [0.29, 0.717) is 23.8 Å². The van der Waals surface area contributed by atoms with Crippen LogP contribution in [0.3, 0.4) is 0 Å². The largest absolute Gasteiger partial charge is 0.504 e. The number of aliphatic hydroxyl groups is 2. The van der Waals surface area contributed by atoms with Gasteiger partial charge in [0.25, 0.3) is 0 Å². The molecule has 4 rings (SSSR count).